The van der Waals surface area contributed by atoms with Crippen LogP contribution in [-0.4, -0.2) is 17.2 Å². The number of anilines is 1. The molecule has 3 nitrogen and oxygen atoms in total. The van der Waals surface area contributed by atoms with Crippen LogP contribution in [0.3, 0.4) is 0 Å². The number of rotatable bonds is 2. The maximum absolute atomic E-state index is 2.53. The van der Waals surface area contributed by atoms with Crippen molar-refractivity contribution in [1.82, 2.24) is 4.57 Å². The zero-order chi connectivity index (χ0) is 11.9. The lowest BCUT2D eigenvalue weighted by molar-refractivity contribution is -0.659. The quantitative estimate of drug-likeness (QED) is 0.698. The molecule has 0 atom stereocenters. The van der Waals surface area contributed by atoms with Crippen molar-refractivity contribution in [2.75, 3.05) is 11.4 Å². The summed E-state index contributed by atoms with van der Waals surface area (Å²) >= 11 is 0. The monoisotopic (exact) mass is 222 g/mol. The molecule has 16 heavy (non-hydrogen) atoms. The second-order valence-electron chi connectivity index (χ2n) is 5.39. The highest BCUT2D eigenvalue weighted by Gasteiger charge is 2.32. The Labute approximate surface area is 98.7 Å². The Morgan fingerprint density at radius 1 is 1.19 bits per heavy atom. The molecule has 0 saturated carbocycles. The summed E-state index contributed by atoms with van der Waals surface area (Å²) in [7, 11) is 2.17. The molecule has 1 aromatic heterocycles. The van der Waals surface area contributed by atoms with Crippen molar-refractivity contribution in [2.45, 2.75) is 52.6 Å². The Morgan fingerprint density at radius 2 is 1.88 bits per heavy atom. The van der Waals surface area contributed by atoms with E-state index in [2.05, 4.69) is 55.1 Å². The van der Waals surface area contributed by atoms with Crippen LogP contribution in [0.15, 0.2) is 6.33 Å². The number of hydrogen-bond acceptors (Lipinski definition) is 1. The molecule has 1 aliphatic heterocycles. The highest BCUT2D eigenvalue weighted by Crippen LogP contribution is 2.27. The summed E-state index contributed by atoms with van der Waals surface area (Å²) in [5.74, 6) is 1.43. The lowest BCUT2D eigenvalue weighted by Crippen LogP contribution is -2.43. The molecule has 0 bridgehead atoms. The number of aryl methyl sites for hydroxylation is 1. The van der Waals surface area contributed by atoms with Gasteiger partial charge in [0.1, 0.15) is 5.69 Å². The Balaban J connectivity index is 2.49. The van der Waals surface area contributed by atoms with Crippen molar-refractivity contribution in [3.05, 3.63) is 12.0 Å². The van der Waals surface area contributed by atoms with Gasteiger partial charge >= 0.3 is 0 Å². The van der Waals surface area contributed by atoms with E-state index < -0.39 is 0 Å². The number of imidazole rings is 1. The van der Waals surface area contributed by atoms with E-state index in [1.807, 2.05) is 0 Å². The largest absolute Gasteiger partial charge is 0.288 e. The molecule has 1 aromatic rings. The van der Waals surface area contributed by atoms with Gasteiger partial charge in [-0.2, -0.15) is 0 Å². The van der Waals surface area contributed by atoms with E-state index in [0.717, 1.165) is 0 Å². The number of fused-ring (bicyclic) bond motifs is 1. The summed E-state index contributed by atoms with van der Waals surface area (Å²) in [5.41, 5.74) is 1.51. The smallest absolute Gasteiger partial charge is 0.258 e. The lowest BCUT2D eigenvalue weighted by Gasteiger charge is -2.27. The average Bonchev–Trinajstić information content (AvgIpc) is 2.56. The topological polar surface area (TPSA) is 12.1 Å². The first-order chi connectivity index (χ1) is 7.52. The second-order valence-corrected chi connectivity index (χ2v) is 5.39. The Kier molecular flexibility index (Phi) is 2.96. The van der Waals surface area contributed by atoms with Crippen LogP contribution < -0.4 is 9.47 Å². The number of nitrogens with zero attached hydrogens (tertiary/aromatic N) is 3. The third-order valence-corrected chi connectivity index (χ3v) is 3.47. The minimum Gasteiger partial charge on any atom is -0.288 e. The highest BCUT2D eigenvalue weighted by molar-refractivity contribution is 5.43. The summed E-state index contributed by atoms with van der Waals surface area (Å²) in [6, 6.07) is 1.15. The third-order valence-electron chi connectivity index (χ3n) is 3.47. The van der Waals surface area contributed by atoms with E-state index in [9.17, 15) is 0 Å². The molecular weight excluding hydrogens is 198 g/mol. The van der Waals surface area contributed by atoms with Gasteiger partial charge in [-0.05, 0) is 34.1 Å². The van der Waals surface area contributed by atoms with E-state index in [4.69, 9.17) is 0 Å². The van der Waals surface area contributed by atoms with Crippen LogP contribution in [0, 0.1) is 0 Å². The third kappa shape index (κ3) is 1.72. The molecule has 2 rings (SSSR count). The van der Waals surface area contributed by atoms with E-state index in [-0.39, 0.29) is 0 Å². The molecule has 0 amide bonds. The van der Waals surface area contributed by atoms with Crippen LogP contribution in [0.1, 0.15) is 45.9 Å². The number of hydrogen-bond donors (Lipinski definition) is 0. The molecular formula is C13H24N3+. The van der Waals surface area contributed by atoms with Gasteiger partial charge in [0.05, 0.1) is 25.7 Å². The molecule has 2 heterocycles. The first-order valence-electron chi connectivity index (χ1n) is 6.38. The Bertz CT molecular complexity index is 377. The van der Waals surface area contributed by atoms with Gasteiger partial charge in [0.2, 0.25) is 0 Å². The highest BCUT2D eigenvalue weighted by atomic mass is 15.3. The first kappa shape index (κ1) is 11.5. The summed E-state index contributed by atoms with van der Waals surface area (Å²) < 4.78 is 4.71. The van der Waals surface area contributed by atoms with Gasteiger partial charge in [-0.15, -0.1) is 0 Å². The molecule has 3 heteroatoms. The van der Waals surface area contributed by atoms with E-state index >= 15 is 0 Å². The predicted octanol–water partition coefficient (Wildman–Crippen LogP) is 2.05. The molecule has 0 radical (unpaired) electrons. The van der Waals surface area contributed by atoms with Gasteiger partial charge in [0, 0.05) is 6.42 Å². The fourth-order valence-corrected chi connectivity index (χ4v) is 2.71. The molecule has 1 aliphatic rings. The van der Waals surface area contributed by atoms with Crippen molar-refractivity contribution in [2.24, 2.45) is 7.05 Å². The zero-order valence-electron chi connectivity index (χ0n) is 11.2. The van der Waals surface area contributed by atoms with E-state index in [0.29, 0.717) is 12.1 Å². The van der Waals surface area contributed by atoms with E-state index in [1.165, 1.54) is 30.9 Å². The SMILES string of the molecule is CC(C)N1CCCc2c1[n+](C)cn2C(C)C. The molecule has 0 aliphatic carbocycles. The van der Waals surface area contributed by atoms with Gasteiger partial charge in [0.15, 0.2) is 6.33 Å². The lowest BCUT2D eigenvalue weighted by atomic mass is 10.1. The minimum absolute atomic E-state index is 0.557. The van der Waals surface area contributed by atoms with Gasteiger partial charge in [0.25, 0.3) is 5.82 Å². The number of aromatic nitrogens is 2. The average molecular weight is 222 g/mol. The van der Waals surface area contributed by atoms with Crippen LogP contribution in [0.5, 0.6) is 0 Å². The van der Waals surface area contributed by atoms with Crippen molar-refractivity contribution in [1.29, 1.82) is 0 Å². The molecule has 0 aromatic carbocycles. The predicted molar refractivity (Wildman–Crippen MR) is 66.8 cm³/mol. The fraction of sp³-hybridized carbons (Fsp3) is 0.769. The molecule has 0 N–H and O–H groups in total. The molecule has 90 valence electrons. The summed E-state index contributed by atoms with van der Waals surface area (Å²) in [5, 5.41) is 0. The second kappa shape index (κ2) is 4.11. The molecule has 0 fully saturated rings. The molecule has 0 saturated heterocycles. The van der Waals surface area contributed by atoms with Crippen molar-refractivity contribution in [3.8, 4) is 0 Å². The van der Waals surface area contributed by atoms with Gasteiger partial charge in [-0.25, -0.2) is 4.57 Å². The van der Waals surface area contributed by atoms with Crippen LogP contribution in [0.4, 0.5) is 5.82 Å². The van der Waals surface area contributed by atoms with E-state index in [1.54, 1.807) is 0 Å². The zero-order valence-corrected chi connectivity index (χ0v) is 11.2. The molecule has 0 unspecified atom stereocenters. The minimum atomic E-state index is 0.557. The van der Waals surface area contributed by atoms with Crippen molar-refractivity contribution < 1.29 is 4.57 Å². The van der Waals surface area contributed by atoms with Crippen LogP contribution >= 0.6 is 0 Å². The Hall–Kier alpha value is -0.990. The molecule has 0 spiro atoms. The maximum Gasteiger partial charge on any atom is 0.258 e. The van der Waals surface area contributed by atoms with Crippen LogP contribution in [-0.2, 0) is 13.5 Å². The van der Waals surface area contributed by atoms with Crippen molar-refractivity contribution in [3.63, 3.8) is 0 Å². The fourth-order valence-electron chi connectivity index (χ4n) is 2.71. The first-order valence-corrected chi connectivity index (χ1v) is 6.38. The van der Waals surface area contributed by atoms with Crippen LogP contribution in [0.25, 0.3) is 0 Å². The normalized spacial score (nSPS) is 16.1. The van der Waals surface area contributed by atoms with Crippen LogP contribution in [0.2, 0.25) is 0 Å². The van der Waals surface area contributed by atoms with Gasteiger partial charge < -0.3 is 0 Å². The van der Waals surface area contributed by atoms with Gasteiger partial charge in [-0.3, -0.25) is 9.47 Å². The maximum atomic E-state index is 2.53. The summed E-state index contributed by atoms with van der Waals surface area (Å²) in [6.07, 6.45) is 4.75. The summed E-state index contributed by atoms with van der Waals surface area (Å²) in [6.45, 7) is 10.3. The Morgan fingerprint density at radius 3 is 2.44 bits per heavy atom. The standard InChI is InChI=1S/C13H24N3/c1-10(2)15-8-6-7-12-13(15)14(5)9-16(12)11(3)4/h9-11H,6-8H2,1-5H3/q+1. The summed E-state index contributed by atoms with van der Waals surface area (Å²) in [4.78, 5) is 2.53. The van der Waals surface area contributed by atoms with Crippen molar-refractivity contribution >= 4 is 5.82 Å². The van der Waals surface area contributed by atoms with Gasteiger partial charge in [-0.1, -0.05) is 0 Å².